The fraction of sp³-hybridized carbons (Fsp3) is 0.0500. The Kier molecular flexibility index (Phi) is 2.48. The number of rotatable bonds is 1. The van der Waals surface area contributed by atoms with E-state index in [1.54, 1.807) is 24.3 Å². The second-order valence-electron chi connectivity index (χ2n) is 5.99. The van der Waals surface area contributed by atoms with Crippen LogP contribution in [0, 0.1) is 0 Å². The molecule has 116 valence electrons. The van der Waals surface area contributed by atoms with Gasteiger partial charge in [0.25, 0.3) is 5.91 Å². The summed E-state index contributed by atoms with van der Waals surface area (Å²) in [6, 6.07) is 20.4. The second kappa shape index (κ2) is 4.46. The van der Waals surface area contributed by atoms with Crippen LogP contribution in [0.1, 0.15) is 21.5 Å². The molecule has 3 aromatic carbocycles. The zero-order valence-electron chi connectivity index (χ0n) is 12.6. The van der Waals surface area contributed by atoms with E-state index in [-0.39, 0.29) is 5.91 Å². The van der Waals surface area contributed by atoms with Crippen molar-refractivity contribution in [2.75, 3.05) is 0 Å². The molecule has 0 radical (unpaired) electrons. The van der Waals surface area contributed by atoms with Gasteiger partial charge in [0.1, 0.15) is 11.2 Å². The quantitative estimate of drug-likeness (QED) is 0.565. The number of aliphatic hydroxyl groups is 1. The summed E-state index contributed by atoms with van der Waals surface area (Å²) in [7, 11) is 0. The van der Waals surface area contributed by atoms with Crippen LogP contribution in [0.5, 0.6) is 0 Å². The van der Waals surface area contributed by atoms with Gasteiger partial charge in [-0.1, -0.05) is 54.6 Å². The molecule has 1 amide bonds. The molecule has 0 spiro atoms. The van der Waals surface area contributed by atoms with Gasteiger partial charge in [0.2, 0.25) is 0 Å². The lowest BCUT2D eigenvalue weighted by molar-refractivity contribution is 0.0481. The molecular formula is C20H13NO3. The first kappa shape index (κ1) is 13.3. The number of nitrogens with one attached hydrogen (secondary N) is 1. The van der Waals surface area contributed by atoms with E-state index in [0.29, 0.717) is 22.3 Å². The molecular weight excluding hydrogens is 302 g/mol. The molecule has 2 N–H and O–H groups in total. The summed E-state index contributed by atoms with van der Waals surface area (Å²) < 4.78 is 6.00. The molecule has 2 heterocycles. The topological polar surface area (TPSA) is 62.5 Å². The molecule has 0 saturated carbocycles. The summed E-state index contributed by atoms with van der Waals surface area (Å²) >= 11 is 0. The summed E-state index contributed by atoms with van der Waals surface area (Å²) in [5.74, 6) is -0.291. The molecule has 0 fully saturated rings. The van der Waals surface area contributed by atoms with E-state index < -0.39 is 5.72 Å². The molecule has 4 nitrogen and oxygen atoms in total. The summed E-state index contributed by atoms with van der Waals surface area (Å²) in [6.45, 7) is 0. The zero-order valence-corrected chi connectivity index (χ0v) is 12.6. The van der Waals surface area contributed by atoms with Gasteiger partial charge in [-0.25, -0.2) is 0 Å². The number of benzene rings is 3. The maximum absolute atomic E-state index is 12.3. The monoisotopic (exact) mass is 315 g/mol. The van der Waals surface area contributed by atoms with Crippen LogP contribution < -0.4 is 5.32 Å². The van der Waals surface area contributed by atoms with Crippen molar-refractivity contribution >= 4 is 27.8 Å². The Morgan fingerprint density at radius 2 is 1.54 bits per heavy atom. The average molecular weight is 315 g/mol. The van der Waals surface area contributed by atoms with Gasteiger partial charge in [-0.2, -0.15) is 0 Å². The molecule has 24 heavy (non-hydrogen) atoms. The molecule has 4 heteroatoms. The van der Waals surface area contributed by atoms with Gasteiger partial charge in [0.15, 0.2) is 5.72 Å². The molecule has 1 unspecified atom stereocenters. The normalized spacial score (nSPS) is 19.6. The van der Waals surface area contributed by atoms with Gasteiger partial charge in [0.05, 0.1) is 5.56 Å². The third kappa shape index (κ3) is 1.58. The van der Waals surface area contributed by atoms with Gasteiger partial charge in [-0.15, -0.1) is 0 Å². The molecule has 1 atom stereocenters. The Morgan fingerprint density at radius 1 is 0.833 bits per heavy atom. The van der Waals surface area contributed by atoms with E-state index >= 15 is 0 Å². The molecule has 0 saturated heterocycles. The Balaban J connectivity index is 1.86. The number of para-hydroxylation sites is 2. The van der Waals surface area contributed by atoms with Crippen molar-refractivity contribution < 1.29 is 14.3 Å². The summed E-state index contributed by atoms with van der Waals surface area (Å²) in [5.41, 5.74) is 1.30. The lowest BCUT2D eigenvalue weighted by Gasteiger charge is -2.24. The van der Waals surface area contributed by atoms with Crippen molar-refractivity contribution in [2.24, 2.45) is 0 Å². The Bertz CT molecular complexity index is 1130. The van der Waals surface area contributed by atoms with Gasteiger partial charge in [-0.3, -0.25) is 4.79 Å². The highest BCUT2D eigenvalue weighted by Gasteiger charge is 2.44. The molecule has 0 aliphatic carbocycles. The first-order chi connectivity index (χ1) is 11.7. The number of amides is 1. The molecule has 1 aromatic heterocycles. The highest BCUT2D eigenvalue weighted by atomic mass is 16.3. The van der Waals surface area contributed by atoms with Crippen LogP contribution in [0.3, 0.4) is 0 Å². The van der Waals surface area contributed by atoms with Gasteiger partial charge < -0.3 is 14.8 Å². The summed E-state index contributed by atoms with van der Waals surface area (Å²) in [5, 5.41) is 15.9. The van der Waals surface area contributed by atoms with Crippen LogP contribution in [0.2, 0.25) is 0 Å². The summed E-state index contributed by atoms with van der Waals surface area (Å²) in [4.78, 5) is 12.3. The lowest BCUT2D eigenvalue weighted by atomic mass is 9.93. The number of furan rings is 1. The molecule has 1 aliphatic rings. The van der Waals surface area contributed by atoms with Gasteiger partial charge in [0, 0.05) is 21.9 Å². The van der Waals surface area contributed by atoms with Crippen LogP contribution in [0.15, 0.2) is 71.1 Å². The highest BCUT2D eigenvalue weighted by Crippen LogP contribution is 2.40. The zero-order chi connectivity index (χ0) is 16.3. The predicted molar refractivity (Wildman–Crippen MR) is 90.6 cm³/mol. The summed E-state index contributed by atoms with van der Waals surface area (Å²) in [6.07, 6.45) is 0. The number of fused-ring (bicyclic) bond motifs is 4. The Labute approximate surface area is 137 Å². The van der Waals surface area contributed by atoms with Crippen molar-refractivity contribution in [1.29, 1.82) is 0 Å². The van der Waals surface area contributed by atoms with E-state index in [2.05, 4.69) is 5.32 Å². The second-order valence-corrected chi connectivity index (χ2v) is 5.99. The van der Waals surface area contributed by atoms with Crippen molar-refractivity contribution in [1.82, 2.24) is 5.32 Å². The van der Waals surface area contributed by atoms with Crippen molar-refractivity contribution in [2.45, 2.75) is 5.72 Å². The fourth-order valence-corrected chi connectivity index (χ4v) is 3.54. The van der Waals surface area contributed by atoms with E-state index in [9.17, 15) is 9.90 Å². The van der Waals surface area contributed by atoms with Crippen LogP contribution in [0.4, 0.5) is 0 Å². The smallest absolute Gasteiger partial charge is 0.254 e. The number of carbonyl (C=O) groups excluding carboxylic acids is 1. The first-order valence-corrected chi connectivity index (χ1v) is 7.73. The third-order valence-electron chi connectivity index (χ3n) is 4.65. The van der Waals surface area contributed by atoms with Crippen molar-refractivity contribution in [3.8, 4) is 0 Å². The minimum Gasteiger partial charge on any atom is -0.456 e. The molecule has 1 aliphatic heterocycles. The average Bonchev–Trinajstić information content (AvgIpc) is 3.11. The van der Waals surface area contributed by atoms with Crippen molar-refractivity contribution in [3.05, 3.63) is 83.4 Å². The lowest BCUT2D eigenvalue weighted by Crippen LogP contribution is -2.40. The standard InChI is InChI=1S/C20H13NO3/c22-19-14-7-1-3-9-15(14)20(23,21-19)16-10-5-8-13-12-6-2-4-11-17(12)24-18(13)16/h1-11,23H,(H,21,22). The minimum atomic E-state index is -1.60. The molecule has 0 bridgehead atoms. The van der Waals surface area contributed by atoms with E-state index in [1.807, 2.05) is 42.5 Å². The third-order valence-corrected chi connectivity index (χ3v) is 4.65. The minimum absolute atomic E-state index is 0.291. The van der Waals surface area contributed by atoms with Crippen LogP contribution >= 0.6 is 0 Å². The van der Waals surface area contributed by atoms with Crippen LogP contribution in [-0.2, 0) is 5.72 Å². The Hall–Kier alpha value is -3.11. The van der Waals surface area contributed by atoms with Crippen molar-refractivity contribution in [3.63, 3.8) is 0 Å². The predicted octanol–water partition coefficient (Wildman–Crippen LogP) is 3.52. The molecule has 5 rings (SSSR count). The SMILES string of the molecule is O=C1NC(O)(c2cccc3c2oc2ccccc23)c2ccccc21. The number of hydrogen-bond donors (Lipinski definition) is 2. The van der Waals surface area contributed by atoms with Crippen LogP contribution in [-0.4, -0.2) is 11.0 Å². The van der Waals surface area contributed by atoms with Gasteiger partial charge >= 0.3 is 0 Å². The maximum Gasteiger partial charge on any atom is 0.254 e. The fourth-order valence-electron chi connectivity index (χ4n) is 3.54. The number of hydrogen-bond acceptors (Lipinski definition) is 3. The first-order valence-electron chi connectivity index (χ1n) is 7.73. The molecule has 4 aromatic rings. The highest BCUT2D eigenvalue weighted by molar-refractivity contribution is 6.07. The van der Waals surface area contributed by atoms with Crippen LogP contribution in [0.25, 0.3) is 21.9 Å². The van der Waals surface area contributed by atoms with E-state index in [4.69, 9.17) is 4.42 Å². The van der Waals surface area contributed by atoms with E-state index in [0.717, 1.165) is 16.4 Å². The Morgan fingerprint density at radius 3 is 2.46 bits per heavy atom. The number of carbonyl (C=O) groups is 1. The van der Waals surface area contributed by atoms with E-state index in [1.165, 1.54) is 0 Å². The largest absolute Gasteiger partial charge is 0.456 e. The maximum atomic E-state index is 12.3. The van der Waals surface area contributed by atoms with Gasteiger partial charge in [-0.05, 0) is 12.1 Å².